The molecule has 0 aliphatic heterocycles. The fourth-order valence-electron chi connectivity index (χ4n) is 2.47. The van der Waals surface area contributed by atoms with Crippen LogP contribution in [0.15, 0.2) is 66.1 Å². The topological polar surface area (TPSA) is 65.7 Å². The van der Waals surface area contributed by atoms with Crippen LogP contribution in [0.5, 0.6) is 0 Å². The Hall–Kier alpha value is -3.34. The van der Waals surface area contributed by atoms with Crippen molar-refractivity contribution in [1.29, 1.82) is 0 Å². The van der Waals surface area contributed by atoms with Crippen LogP contribution in [0.3, 0.4) is 0 Å². The number of hydrogen-bond donors (Lipinski definition) is 0. The van der Waals surface area contributed by atoms with Crippen LogP contribution in [0.25, 0.3) is 21.9 Å². The van der Waals surface area contributed by atoms with Gasteiger partial charge in [-0.1, -0.05) is 37.4 Å². The smallest absolute Gasteiger partial charge is 0.330 e. The minimum absolute atomic E-state index is 0.153. The van der Waals surface area contributed by atoms with Gasteiger partial charge in [0, 0.05) is 22.9 Å². The van der Waals surface area contributed by atoms with E-state index < -0.39 is 11.9 Å². The normalized spacial score (nSPS) is 10.6. The third kappa shape index (κ3) is 3.61. The van der Waals surface area contributed by atoms with Crippen molar-refractivity contribution in [2.45, 2.75) is 13.2 Å². The summed E-state index contributed by atoms with van der Waals surface area (Å²) < 4.78 is 15.9. The molecule has 2 aromatic carbocycles. The summed E-state index contributed by atoms with van der Waals surface area (Å²) in [7, 11) is 0. The Morgan fingerprint density at radius 1 is 0.840 bits per heavy atom. The highest BCUT2D eigenvalue weighted by Crippen LogP contribution is 2.30. The standard InChI is InChI=1S/C20H16O5/c1-3-19(21)23-11-13-5-7-15-16-8-6-14(12-24-20(22)4-2)10-18(16)25-17(15)9-13/h3-10H,1-2,11-12H2. The molecular weight excluding hydrogens is 320 g/mol. The van der Waals surface area contributed by atoms with E-state index >= 15 is 0 Å². The van der Waals surface area contributed by atoms with E-state index in [0.29, 0.717) is 11.2 Å². The maximum Gasteiger partial charge on any atom is 0.330 e. The molecule has 0 saturated heterocycles. The van der Waals surface area contributed by atoms with E-state index in [9.17, 15) is 9.59 Å². The molecule has 0 N–H and O–H groups in total. The second-order valence-electron chi connectivity index (χ2n) is 5.39. The molecule has 126 valence electrons. The Kier molecular flexibility index (Phi) is 4.66. The minimum Gasteiger partial charge on any atom is -0.458 e. The van der Waals surface area contributed by atoms with Gasteiger partial charge in [0.05, 0.1) is 0 Å². The molecule has 1 heterocycles. The molecule has 0 aliphatic rings. The van der Waals surface area contributed by atoms with E-state index in [2.05, 4.69) is 13.2 Å². The first kappa shape index (κ1) is 16.5. The second kappa shape index (κ2) is 7.05. The maximum atomic E-state index is 11.2. The van der Waals surface area contributed by atoms with Crippen LogP contribution in [-0.4, -0.2) is 11.9 Å². The van der Waals surface area contributed by atoms with E-state index in [1.807, 2.05) is 36.4 Å². The fraction of sp³-hybridized carbons (Fsp3) is 0.100. The van der Waals surface area contributed by atoms with Gasteiger partial charge in [-0.3, -0.25) is 0 Å². The Bertz CT molecular complexity index is 902. The monoisotopic (exact) mass is 336 g/mol. The molecule has 0 radical (unpaired) electrons. The number of carbonyl (C=O) groups is 2. The maximum absolute atomic E-state index is 11.2. The first-order valence-corrected chi connectivity index (χ1v) is 7.63. The van der Waals surface area contributed by atoms with Crippen molar-refractivity contribution < 1.29 is 23.5 Å². The highest BCUT2D eigenvalue weighted by molar-refractivity contribution is 6.05. The van der Waals surface area contributed by atoms with Crippen LogP contribution in [0.1, 0.15) is 11.1 Å². The molecular formula is C20H16O5. The molecule has 5 nitrogen and oxygen atoms in total. The highest BCUT2D eigenvalue weighted by atomic mass is 16.5. The lowest BCUT2D eigenvalue weighted by molar-refractivity contribution is -0.139. The molecule has 0 amide bonds. The number of esters is 2. The van der Waals surface area contributed by atoms with Crippen molar-refractivity contribution in [3.05, 3.63) is 72.8 Å². The molecule has 0 fully saturated rings. The Morgan fingerprint density at radius 2 is 1.28 bits per heavy atom. The number of benzene rings is 2. The lowest BCUT2D eigenvalue weighted by atomic mass is 10.1. The van der Waals surface area contributed by atoms with Crippen LogP contribution >= 0.6 is 0 Å². The van der Waals surface area contributed by atoms with E-state index in [0.717, 1.165) is 34.1 Å². The lowest BCUT2D eigenvalue weighted by Crippen LogP contribution is -1.99. The predicted molar refractivity (Wildman–Crippen MR) is 93.7 cm³/mol. The number of carbonyl (C=O) groups excluding carboxylic acids is 2. The Labute approximate surface area is 144 Å². The molecule has 3 aromatic rings. The van der Waals surface area contributed by atoms with Gasteiger partial charge in [0.2, 0.25) is 0 Å². The largest absolute Gasteiger partial charge is 0.458 e. The van der Waals surface area contributed by atoms with Gasteiger partial charge >= 0.3 is 11.9 Å². The zero-order chi connectivity index (χ0) is 17.8. The first-order valence-electron chi connectivity index (χ1n) is 7.63. The molecule has 0 aliphatic carbocycles. The van der Waals surface area contributed by atoms with E-state index in [-0.39, 0.29) is 13.2 Å². The number of ether oxygens (including phenoxy) is 2. The summed E-state index contributed by atoms with van der Waals surface area (Å²) in [5.41, 5.74) is 3.04. The first-order chi connectivity index (χ1) is 12.1. The van der Waals surface area contributed by atoms with Crippen molar-refractivity contribution in [3.63, 3.8) is 0 Å². The molecule has 0 unspecified atom stereocenters. The van der Waals surface area contributed by atoms with Gasteiger partial charge in [-0.2, -0.15) is 0 Å². The highest BCUT2D eigenvalue weighted by Gasteiger charge is 2.10. The van der Waals surface area contributed by atoms with Crippen molar-refractivity contribution in [2.24, 2.45) is 0 Å². The number of rotatable bonds is 6. The molecule has 0 atom stereocenters. The van der Waals surface area contributed by atoms with Crippen LogP contribution in [0.2, 0.25) is 0 Å². The average molecular weight is 336 g/mol. The quantitative estimate of drug-likeness (QED) is 0.502. The SMILES string of the molecule is C=CC(=O)OCc1ccc2c(c1)oc1cc(COC(=O)C=C)ccc12. The molecule has 0 bridgehead atoms. The molecule has 3 rings (SSSR count). The summed E-state index contributed by atoms with van der Waals surface area (Å²) in [5.74, 6) is -0.938. The van der Waals surface area contributed by atoms with E-state index in [4.69, 9.17) is 13.9 Å². The molecule has 1 aromatic heterocycles. The predicted octanol–water partition coefficient (Wildman–Crippen LogP) is 4.04. The van der Waals surface area contributed by atoms with E-state index in [1.165, 1.54) is 0 Å². The van der Waals surface area contributed by atoms with E-state index in [1.54, 1.807) is 0 Å². The third-order valence-electron chi connectivity index (χ3n) is 3.70. The van der Waals surface area contributed by atoms with Gasteiger partial charge in [-0.15, -0.1) is 0 Å². The minimum atomic E-state index is -0.469. The summed E-state index contributed by atoms with van der Waals surface area (Å²) in [4.78, 5) is 22.3. The van der Waals surface area contributed by atoms with Crippen molar-refractivity contribution >= 4 is 33.9 Å². The Balaban J connectivity index is 1.86. The van der Waals surface area contributed by atoms with Crippen molar-refractivity contribution in [3.8, 4) is 0 Å². The summed E-state index contributed by atoms with van der Waals surface area (Å²) in [6.07, 6.45) is 2.25. The second-order valence-corrected chi connectivity index (χ2v) is 5.39. The van der Waals surface area contributed by atoms with Crippen LogP contribution in [0.4, 0.5) is 0 Å². The van der Waals surface area contributed by atoms with Crippen LogP contribution in [-0.2, 0) is 32.3 Å². The zero-order valence-corrected chi connectivity index (χ0v) is 13.5. The van der Waals surface area contributed by atoms with Gasteiger partial charge < -0.3 is 13.9 Å². The number of fused-ring (bicyclic) bond motifs is 3. The Morgan fingerprint density at radius 3 is 1.68 bits per heavy atom. The number of hydrogen-bond acceptors (Lipinski definition) is 5. The average Bonchev–Trinajstić information content (AvgIpc) is 3.00. The summed E-state index contributed by atoms with van der Waals surface area (Å²) in [6.45, 7) is 7.03. The van der Waals surface area contributed by atoms with Gasteiger partial charge in [0.15, 0.2) is 0 Å². The van der Waals surface area contributed by atoms with Gasteiger partial charge in [0.25, 0.3) is 0 Å². The summed E-state index contributed by atoms with van der Waals surface area (Å²) in [6, 6.07) is 11.3. The van der Waals surface area contributed by atoms with Gasteiger partial charge in [0.1, 0.15) is 24.4 Å². The van der Waals surface area contributed by atoms with Gasteiger partial charge in [-0.25, -0.2) is 9.59 Å². The lowest BCUT2D eigenvalue weighted by Gasteiger charge is -2.02. The summed E-state index contributed by atoms with van der Waals surface area (Å²) >= 11 is 0. The third-order valence-corrected chi connectivity index (χ3v) is 3.70. The molecule has 5 heteroatoms. The van der Waals surface area contributed by atoms with Crippen LogP contribution in [0, 0.1) is 0 Å². The summed E-state index contributed by atoms with van der Waals surface area (Å²) in [5, 5.41) is 1.92. The van der Waals surface area contributed by atoms with Crippen molar-refractivity contribution in [2.75, 3.05) is 0 Å². The fourth-order valence-corrected chi connectivity index (χ4v) is 2.47. The molecule has 0 spiro atoms. The molecule has 25 heavy (non-hydrogen) atoms. The number of furan rings is 1. The van der Waals surface area contributed by atoms with Gasteiger partial charge in [-0.05, 0) is 23.3 Å². The van der Waals surface area contributed by atoms with Crippen LogP contribution < -0.4 is 0 Å². The molecule has 0 saturated carbocycles. The van der Waals surface area contributed by atoms with Crippen molar-refractivity contribution in [1.82, 2.24) is 0 Å². The zero-order valence-electron chi connectivity index (χ0n) is 13.5.